The van der Waals surface area contributed by atoms with Crippen molar-refractivity contribution in [3.05, 3.63) is 39.7 Å². The smallest absolute Gasteiger partial charge is 0.263 e. The lowest BCUT2D eigenvalue weighted by Gasteiger charge is -2.04. The molecular weight excluding hydrogens is 233 g/mol. The number of hydrogen-bond acceptors (Lipinski definition) is 3. The van der Waals surface area contributed by atoms with Crippen molar-refractivity contribution in [2.45, 2.75) is 6.54 Å². The molecular formula is C10H5ClFN3O. The summed E-state index contributed by atoms with van der Waals surface area (Å²) < 4.78 is 14.0. The van der Waals surface area contributed by atoms with Gasteiger partial charge in [0, 0.05) is 0 Å². The summed E-state index contributed by atoms with van der Waals surface area (Å²) in [4.78, 5) is 15.7. The second kappa shape index (κ2) is 3.91. The summed E-state index contributed by atoms with van der Waals surface area (Å²) in [6, 6.07) is 5.43. The van der Waals surface area contributed by atoms with Crippen LogP contribution in [0.3, 0.4) is 0 Å². The number of fused-ring (bicyclic) bond motifs is 1. The summed E-state index contributed by atoms with van der Waals surface area (Å²) >= 11 is 5.73. The Kier molecular flexibility index (Phi) is 2.59. The van der Waals surface area contributed by atoms with E-state index in [-0.39, 0.29) is 17.2 Å². The second-order valence-corrected chi connectivity index (χ2v) is 3.43. The summed E-state index contributed by atoms with van der Waals surface area (Å²) in [6.45, 7) is -0.211. The van der Waals surface area contributed by atoms with Gasteiger partial charge in [0.25, 0.3) is 5.56 Å². The van der Waals surface area contributed by atoms with E-state index in [2.05, 4.69) is 4.98 Å². The number of halogens is 2. The van der Waals surface area contributed by atoms with Gasteiger partial charge in [0.05, 0.1) is 17.0 Å². The van der Waals surface area contributed by atoms with Crippen molar-refractivity contribution in [3.63, 3.8) is 0 Å². The van der Waals surface area contributed by atoms with Gasteiger partial charge in [0.15, 0.2) is 0 Å². The molecule has 0 aliphatic carbocycles. The predicted molar refractivity (Wildman–Crippen MR) is 56.6 cm³/mol. The number of benzene rings is 1. The quantitative estimate of drug-likeness (QED) is 0.710. The van der Waals surface area contributed by atoms with Gasteiger partial charge in [-0.2, -0.15) is 5.26 Å². The van der Waals surface area contributed by atoms with E-state index < -0.39 is 11.4 Å². The van der Waals surface area contributed by atoms with Gasteiger partial charge in [-0.25, -0.2) is 9.37 Å². The van der Waals surface area contributed by atoms with Gasteiger partial charge in [0.2, 0.25) is 5.28 Å². The molecule has 80 valence electrons. The van der Waals surface area contributed by atoms with Gasteiger partial charge in [0.1, 0.15) is 12.4 Å². The SMILES string of the molecule is N#CCn1c(Cl)nc2ccc(F)cc2c1=O. The van der Waals surface area contributed by atoms with E-state index in [9.17, 15) is 9.18 Å². The van der Waals surface area contributed by atoms with Gasteiger partial charge < -0.3 is 0 Å². The van der Waals surface area contributed by atoms with Crippen LogP contribution in [0.2, 0.25) is 5.28 Å². The van der Waals surface area contributed by atoms with Gasteiger partial charge in [-0.1, -0.05) is 0 Å². The van der Waals surface area contributed by atoms with E-state index in [0.717, 1.165) is 10.6 Å². The molecule has 0 amide bonds. The molecule has 0 aliphatic rings. The molecule has 0 unspecified atom stereocenters. The molecule has 1 heterocycles. The second-order valence-electron chi connectivity index (χ2n) is 3.09. The Bertz CT molecular complexity index is 659. The highest BCUT2D eigenvalue weighted by Gasteiger charge is 2.09. The van der Waals surface area contributed by atoms with Crippen LogP contribution >= 0.6 is 11.6 Å². The van der Waals surface area contributed by atoms with E-state index >= 15 is 0 Å². The van der Waals surface area contributed by atoms with E-state index in [1.165, 1.54) is 12.1 Å². The average Bonchev–Trinajstić information content (AvgIpc) is 2.26. The minimum absolute atomic E-state index is 0.0781. The van der Waals surface area contributed by atoms with Gasteiger partial charge in [-0.3, -0.25) is 9.36 Å². The molecule has 0 aliphatic heterocycles. The Balaban J connectivity index is 2.86. The molecule has 2 rings (SSSR count). The van der Waals surface area contributed by atoms with Gasteiger partial charge in [-0.15, -0.1) is 0 Å². The lowest BCUT2D eigenvalue weighted by Crippen LogP contribution is -2.21. The number of nitriles is 1. The number of nitrogens with zero attached hydrogens (tertiary/aromatic N) is 3. The Labute approximate surface area is 94.5 Å². The minimum atomic E-state index is -0.530. The van der Waals surface area contributed by atoms with Crippen molar-refractivity contribution in [1.29, 1.82) is 5.26 Å². The molecule has 1 aromatic heterocycles. The van der Waals surface area contributed by atoms with Crippen LogP contribution in [-0.2, 0) is 6.54 Å². The molecule has 0 atom stereocenters. The standard InChI is InChI=1S/C10H5ClFN3O/c11-10-14-8-2-1-6(12)5-7(8)9(16)15(10)4-3-13/h1-2,5H,4H2. The first-order valence-corrected chi connectivity index (χ1v) is 4.74. The van der Waals surface area contributed by atoms with Crippen LogP contribution in [-0.4, -0.2) is 9.55 Å². The number of aromatic nitrogens is 2. The van der Waals surface area contributed by atoms with E-state index in [4.69, 9.17) is 16.9 Å². The first-order chi connectivity index (χ1) is 7.63. The maximum atomic E-state index is 13.0. The normalized spacial score (nSPS) is 10.3. The lowest BCUT2D eigenvalue weighted by molar-refractivity contribution is 0.629. The predicted octanol–water partition coefficient (Wildman–Crippen LogP) is 1.71. The van der Waals surface area contributed by atoms with E-state index in [1.807, 2.05) is 0 Å². The maximum absolute atomic E-state index is 13.0. The first kappa shape index (κ1) is 10.6. The van der Waals surface area contributed by atoms with Crippen LogP contribution in [0.1, 0.15) is 0 Å². The van der Waals surface area contributed by atoms with Gasteiger partial charge >= 0.3 is 0 Å². The molecule has 0 fully saturated rings. The van der Waals surface area contributed by atoms with Crippen molar-refractivity contribution in [1.82, 2.24) is 9.55 Å². The monoisotopic (exact) mass is 237 g/mol. The van der Waals surface area contributed by atoms with Crippen LogP contribution in [0.15, 0.2) is 23.0 Å². The third-order valence-electron chi connectivity index (χ3n) is 2.10. The largest absolute Gasteiger partial charge is 0.269 e. The topological polar surface area (TPSA) is 58.7 Å². The van der Waals surface area contributed by atoms with E-state index in [1.54, 1.807) is 6.07 Å². The Morgan fingerprint density at radius 1 is 1.56 bits per heavy atom. The molecule has 0 N–H and O–H groups in total. The average molecular weight is 238 g/mol. The molecule has 0 spiro atoms. The maximum Gasteiger partial charge on any atom is 0.263 e. The Morgan fingerprint density at radius 3 is 3.00 bits per heavy atom. The van der Waals surface area contributed by atoms with E-state index in [0.29, 0.717) is 5.52 Å². The fraction of sp³-hybridized carbons (Fsp3) is 0.100. The van der Waals surface area contributed by atoms with Crippen molar-refractivity contribution < 1.29 is 4.39 Å². The number of rotatable bonds is 1. The number of hydrogen-bond donors (Lipinski definition) is 0. The third kappa shape index (κ3) is 1.64. The van der Waals surface area contributed by atoms with Crippen LogP contribution < -0.4 is 5.56 Å². The summed E-state index contributed by atoms with van der Waals surface area (Å²) in [5, 5.41) is 8.56. The molecule has 1 aromatic carbocycles. The lowest BCUT2D eigenvalue weighted by atomic mass is 10.2. The zero-order valence-corrected chi connectivity index (χ0v) is 8.70. The fourth-order valence-electron chi connectivity index (χ4n) is 1.37. The van der Waals surface area contributed by atoms with Crippen LogP contribution in [0.4, 0.5) is 4.39 Å². The fourth-order valence-corrected chi connectivity index (χ4v) is 1.60. The molecule has 4 nitrogen and oxygen atoms in total. The van der Waals surface area contributed by atoms with Crippen molar-refractivity contribution >= 4 is 22.5 Å². The first-order valence-electron chi connectivity index (χ1n) is 4.36. The Morgan fingerprint density at radius 2 is 2.31 bits per heavy atom. The molecule has 0 bridgehead atoms. The minimum Gasteiger partial charge on any atom is -0.269 e. The van der Waals surface area contributed by atoms with Crippen molar-refractivity contribution in [2.75, 3.05) is 0 Å². The van der Waals surface area contributed by atoms with Crippen molar-refractivity contribution in [3.8, 4) is 6.07 Å². The zero-order valence-electron chi connectivity index (χ0n) is 7.94. The summed E-state index contributed by atoms with van der Waals surface area (Å²) in [5.74, 6) is -0.530. The zero-order chi connectivity index (χ0) is 11.7. The summed E-state index contributed by atoms with van der Waals surface area (Å²) in [6.07, 6.45) is 0. The highest BCUT2D eigenvalue weighted by atomic mass is 35.5. The third-order valence-corrected chi connectivity index (χ3v) is 2.39. The molecule has 0 saturated heterocycles. The molecule has 0 radical (unpaired) electrons. The highest BCUT2D eigenvalue weighted by molar-refractivity contribution is 6.28. The molecule has 6 heteroatoms. The van der Waals surface area contributed by atoms with Crippen LogP contribution in [0.25, 0.3) is 10.9 Å². The summed E-state index contributed by atoms with van der Waals surface area (Å²) in [5.41, 5.74) is -0.207. The van der Waals surface area contributed by atoms with Crippen LogP contribution in [0.5, 0.6) is 0 Å². The molecule has 16 heavy (non-hydrogen) atoms. The Hall–Kier alpha value is -1.93. The van der Waals surface area contributed by atoms with Crippen LogP contribution in [0, 0.1) is 17.1 Å². The molecule has 0 saturated carbocycles. The van der Waals surface area contributed by atoms with Gasteiger partial charge in [-0.05, 0) is 29.8 Å². The van der Waals surface area contributed by atoms with Crippen molar-refractivity contribution in [2.24, 2.45) is 0 Å². The summed E-state index contributed by atoms with van der Waals surface area (Å²) in [7, 11) is 0. The molecule has 2 aromatic rings. The highest BCUT2D eigenvalue weighted by Crippen LogP contribution is 2.12.